The molecular formula is C17H18N2O2S. The number of carbonyl (C=O) groups excluding carboxylic acids is 2. The maximum atomic E-state index is 12.7. The van der Waals surface area contributed by atoms with Crippen LogP contribution in [0.15, 0.2) is 24.3 Å². The molecule has 0 radical (unpaired) electrons. The van der Waals surface area contributed by atoms with Crippen LogP contribution in [0.5, 0.6) is 0 Å². The van der Waals surface area contributed by atoms with Crippen LogP contribution < -0.4 is 10.6 Å². The zero-order valence-corrected chi connectivity index (χ0v) is 13.5. The number of ketones is 1. The fourth-order valence-corrected chi connectivity index (χ4v) is 4.07. The SMILES string of the molecule is CNc1sc2c(c1C(=O)Nc1cccc(C(C)=O)c1)CCC2. The van der Waals surface area contributed by atoms with E-state index in [2.05, 4.69) is 10.6 Å². The number of Topliss-reactive ketones (excluding diaryl/α,β-unsaturated/α-hetero) is 1. The van der Waals surface area contributed by atoms with Crippen LogP contribution in [0.3, 0.4) is 0 Å². The van der Waals surface area contributed by atoms with Gasteiger partial charge in [0.15, 0.2) is 5.78 Å². The molecule has 4 nitrogen and oxygen atoms in total. The van der Waals surface area contributed by atoms with E-state index in [4.69, 9.17) is 0 Å². The Kier molecular flexibility index (Phi) is 3.98. The normalized spacial score (nSPS) is 12.8. The van der Waals surface area contributed by atoms with Crippen molar-refractivity contribution < 1.29 is 9.59 Å². The van der Waals surface area contributed by atoms with E-state index in [1.54, 1.807) is 35.6 Å². The number of hydrogen-bond acceptors (Lipinski definition) is 4. The first-order valence-corrected chi connectivity index (χ1v) is 8.16. The standard InChI is InChI=1S/C17H18N2O2S/c1-10(20)11-5-3-6-12(9-11)19-16(21)15-13-7-4-8-14(13)22-17(15)18-2/h3,5-6,9,18H,4,7-8H2,1-2H3,(H,19,21). The third kappa shape index (κ3) is 2.64. The van der Waals surface area contributed by atoms with E-state index < -0.39 is 0 Å². The minimum Gasteiger partial charge on any atom is -0.379 e. The van der Waals surface area contributed by atoms with Crippen LogP contribution in [0.25, 0.3) is 0 Å². The van der Waals surface area contributed by atoms with Crippen molar-refractivity contribution in [2.24, 2.45) is 0 Å². The fraction of sp³-hybridized carbons (Fsp3) is 0.294. The van der Waals surface area contributed by atoms with Gasteiger partial charge in [-0.25, -0.2) is 0 Å². The molecule has 0 aliphatic heterocycles. The van der Waals surface area contributed by atoms with Crippen LogP contribution in [0.1, 0.15) is 44.5 Å². The molecule has 1 aliphatic carbocycles. The molecule has 114 valence electrons. The Morgan fingerprint density at radius 3 is 2.77 bits per heavy atom. The number of amides is 1. The summed E-state index contributed by atoms with van der Waals surface area (Å²) >= 11 is 1.67. The first-order valence-electron chi connectivity index (χ1n) is 7.34. The topological polar surface area (TPSA) is 58.2 Å². The van der Waals surface area contributed by atoms with Crippen LogP contribution in [0.2, 0.25) is 0 Å². The number of carbonyl (C=O) groups is 2. The summed E-state index contributed by atoms with van der Waals surface area (Å²) in [6.45, 7) is 1.52. The second kappa shape index (κ2) is 5.93. The molecule has 0 saturated heterocycles. The maximum absolute atomic E-state index is 12.7. The van der Waals surface area contributed by atoms with Gasteiger partial charge in [-0.1, -0.05) is 12.1 Å². The minimum absolute atomic E-state index is 0.0107. The predicted octanol–water partition coefficient (Wildman–Crippen LogP) is 3.73. The second-order valence-corrected chi connectivity index (χ2v) is 6.51. The van der Waals surface area contributed by atoms with E-state index in [1.807, 2.05) is 7.05 Å². The molecule has 5 heteroatoms. The molecule has 1 aromatic heterocycles. The number of fused-ring (bicyclic) bond motifs is 1. The Balaban J connectivity index is 1.89. The molecule has 1 aliphatic rings. The zero-order chi connectivity index (χ0) is 15.7. The summed E-state index contributed by atoms with van der Waals surface area (Å²) in [4.78, 5) is 25.4. The van der Waals surface area contributed by atoms with Crippen molar-refractivity contribution in [3.05, 3.63) is 45.8 Å². The van der Waals surface area contributed by atoms with Gasteiger partial charge in [-0.15, -0.1) is 11.3 Å². The Morgan fingerprint density at radius 1 is 1.23 bits per heavy atom. The lowest BCUT2D eigenvalue weighted by Crippen LogP contribution is -2.14. The van der Waals surface area contributed by atoms with Crippen molar-refractivity contribution in [3.8, 4) is 0 Å². The van der Waals surface area contributed by atoms with Crippen LogP contribution in [-0.2, 0) is 12.8 Å². The lowest BCUT2D eigenvalue weighted by Gasteiger charge is -2.09. The van der Waals surface area contributed by atoms with Crippen molar-refractivity contribution in [1.82, 2.24) is 0 Å². The summed E-state index contributed by atoms with van der Waals surface area (Å²) < 4.78 is 0. The highest BCUT2D eigenvalue weighted by Gasteiger charge is 2.26. The molecule has 0 atom stereocenters. The van der Waals surface area contributed by atoms with Gasteiger partial charge < -0.3 is 10.6 Å². The third-order valence-corrected chi connectivity index (χ3v) is 5.21. The van der Waals surface area contributed by atoms with Gasteiger partial charge in [0.05, 0.1) is 5.56 Å². The van der Waals surface area contributed by atoms with Crippen LogP contribution in [-0.4, -0.2) is 18.7 Å². The van der Waals surface area contributed by atoms with Crippen molar-refractivity contribution in [2.45, 2.75) is 26.2 Å². The molecule has 0 spiro atoms. The average Bonchev–Trinajstić information content (AvgIpc) is 3.06. The van der Waals surface area contributed by atoms with Gasteiger partial charge in [0.1, 0.15) is 5.00 Å². The van der Waals surface area contributed by atoms with E-state index in [9.17, 15) is 9.59 Å². The molecule has 1 amide bonds. The molecule has 3 rings (SSSR count). The van der Waals surface area contributed by atoms with Gasteiger partial charge in [0, 0.05) is 23.2 Å². The molecule has 1 heterocycles. The summed E-state index contributed by atoms with van der Waals surface area (Å²) in [5, 5.41) is 6.97. The average molecular weight is 314 g/mol. The van der Waals surface area contributed by atoms with Gasteiger partial charge in [-0.05, 0) is 43.9 Å². The molecular weight excluding hydrogens is 296 g/mol. The quantitative estimate of drug-likeness (QED) is 0.845. The monoisotopic (exact) mass is 314 g/mol. The molecule has 2 N–H and O–H groups in total. The van der Waals surface area contributed by atoms with E-state index in [0.29, 0.717) is 11.3 Å². The Hall–Kier alpha value is -2.14. The molecule has 1 aromatic carbocycles. The maximum Gasteiger partial charge on any atom is 0.258 e. The fourth-order valence-electron chi connectivity index (χ4n) is 2.83. The summed E-state index contributed by atoms with van der Waals surface area (Å²) in [5.74, 6) is -0.118. The van der Waals surface area contributed by atoms with Crippen LogP contribution in [0, 0.1) is 0 Å². The molecule has 22 heavy (non-hydrogen) atoms. The highest BCUT2D eigenvalue weighted by atomic mass is 32.1. The number of thiophene rings is 1. The van der Waals surface area contributed by atoms with Gasteiger partial charge in [0.25, 0.3) is 5.91 Å². The third-order valence-electron chi connectivity index (χ3n) is 3.90. The largest absolute Gasteiger partial charge is 0.379 e. The second-order valence-electron chi connectivity index (χ2n) is 5.40. The number of nitrogens with one attached hydrogen (secondary N) is 2. The molecule has 2 aromatic rings. The van der Waals surface area contributed by atoms with Gasteiger partial charge in [-0.3, -0.25) is 9.59 Å². The number of benzene rings is 1. The zero-order valence-electron chi connectivity index (χ0n) is 12.7. The molecule has 0 fully saturated rings. The van der Waals surface area contributed by atoms with Crippen molar-refractivity contribution in [1.29, 1.82) is 0 Å². The first kappa shape index (κ1) is 14.8. The predicted molar refractivity (Wildman–Crippen MR) is 90.3 cm³/mol. The smallest absolute Gasteiger partial charge is 0.258 e. The lowest BCUT2D eigenvalue weighted by atomic mass is 10.1. The first-order chi connectivity index (χ1) is 10.6. The minimum atomic E-state index is -0.107. The van der Waals surface area contributed by atoms with Crippen molar-refractivity contribution in [3.63, 3.8) is 0 Å². The van der Waals surface area contributed by atoms with E-state index in [1.165, 1.54) is 17.4 Å². The van der Waals surface area contributed by atoms with E-state index >= 15 is 0 Å². The van der Waals surface area contributed by atoms with Crippen LogP contribution >= 0.6 is 11.3 Å². The summed E-state index contributed by atoms with van der Waals surface area (Å²) in [6, 6.07) is 7.05. The van der Waals surface area contributed by atoms with Gasteiger partial charge >= 0.3 is 0 Å². The Labute approximate surface area is 133 Å². The van der Waals surface area contributed by atoms with E-state index in [0.717, 1.165) is 29.8 Å². The highest BCUT2D eigenvalue weighted by molar-refractivity contribution is 7.16. The van der Waals surface area contributed by atoms with Gasteiger partial charge in [-0.2, -0.15) is 0 Å². The van der Waals surface area contributed by atoms with Crippen molar-refractivity contribution >= 4 is 33.7 Å². The lowest BCUT2D eigenvalue weighted by molar-refractivity contribution is 0.101. The number of aryl methyl sites for hydroxylation is 1. The Bertz CT molecular complexity index is 749. The molecule has 0 unspecified atom stereocenters. The van der Waals surface area contributed by atoms with Crippen molar-refractivity contribution in [2.75, 3.05) is 17.7 Å². The number of rotatable bonds is 4. The molecule has 0 saturated carbocycles. The Morgan fingerprint density at radius 2 is 2.05 bits per heavy atom. The van der Waals surface area contributed by atoms with Gasteiger partial charge in [0.2, 0.25) is 0 Å². The highest BCUT2D eigenvalue weighted by Crippen LogP contribution is 2.39. The van der Waals surface area contributed by atoms with E-state index in [-0.39, 0.29) is 11.7 Å². The summed E-state index contributed by atoms with van der Waals surface area (Å²) in [7, 11) is 1.84. The number of hydrogen-bond donors (Lipinski definition) is 2. The number of anilines is 2. The summed E-state index contributed by atoms with van der Waals surface area (Å²) in [5.41, 5.74) is 3.18. The molecule has 0 bridgehead atoms. The van der Waals surface area contributed by atoms with Crippen LogP contribution in [0.4, 0.5) is 10.7 Å². The summed E-state index contributed by atoms with van der Waals surface area (Å²) in [6.07, 6.45) is 3.14.